The number of fused-ring (bicyclic) bond motifs is 1. The van der Waals surface area contributed by atoms with Crippen LogP contribution in [-0.4, -0.2) is 4.98 Å². The fourth-order valence-corrected chi connectivity index (χ4v) is 2.01. The SMILES string of the molecule is Cc1cc(Br)cc2[nH]c(C#N)cc12. The molecule has 2 nitrogen and oxygen atoms in total. The van der Waals surface area contributed by atoms with Gasteiger partial charge in [-0.25, -0.2) is 0 Å². The van der Waals surface area contributed by atoms with Gasteiger partial charge in [0, 0.05) is 15.4 Å². The maximum Gasteiger partial charge on any atom is 0.118 e. The van der Waals surface area contributed by atoms with E-state index in [-0.39, 0.29) is 0 Å². The molecule has 2 rings (SSSR count). The Morgan fingerprint density at radius 2 is 2.15 bits per heavy atom. The number of aromatic nitrogens is 1. The van der Waals surface area contributed by atoms with E-state index in [0.717, 1.165) is 15.4 Å². The molecule has 1 heterocycles. The third-order valence-electron chi connectivity index (χ3n) is 2.03. The number of nitrogens with one attached hydrogen (secondary N) is 1. The van der Waals surface area contributed by atoms with Gasteiger partial charge < -0.3 is 4.98 Å². The highest BCUT2D eigenvalue weighted by Gasteiger charge is 2.03. The van der Waals surface area contributed by atoms with E-state index in [1.54, 1.807) is 0 Å². The van der Waals surface area contributed by atoms with Crippen LogP contribution in [0, 0.1) is 18.3 Å². The Morgan fingerprint density at radius 1 is 1.38 bits per heavy atom. The van der Waals surface area contributed by atoms with Gasteiger partial charge in [0.15, 0.2) is 0 Å². The van der Waals surface area contributed by atoms with Crippen LogP contribution >= 0.6 is 15.9 Å². The third kappa shape index (κ3) is 1.34. The van der Waals surface area contributed by atoms with Crippen LogP contribution in [0.2, 0.25) is 0 Å². The molecule has 0 saturated heterocycles. The summed E-state index contributed by atoms with van der Waals surface area (Å²) in [7, 11) is 0. The first-order valence-corrected chi connectivity index (χ1v) is 4.69. The van der Waals surface area contributed by atoms with Crippen molar-refractivity contribution in [2.24, 2.45) is 0 Å². The van der Waals surface area contributed by atoms with Crippen LogP contribution < -0.4 is 0 Å². The van der Waals surface area contributed by atoms with E-state index in [9.17, 15) is 0 Å². The lowest BCUT2D eigenvalue weighted by Gasteiger charge is -1.96. The summed E-state index contributed by atoms with van der Waals surface area (Å²) in [4.78, 5) is 3.04. The van der Waals surface area contributed by atoms with Crippen molar-refractivity contribution in [3.05, 3.63) is 33.9 Å². The molecule has 1 aromatic heterocycles. The van der Waals surface area contributed by atoms with Crippen molar-refractivity contribution < 1.29 is 0 Å². The summed E-state index contributed by atoms with van der Waals surface area (Å²) in [6, 6.07) is 7.98. The summed E-state index contributed by atoms with van der Waals surface area (Å²) in [5.74, 6) is 0. The fourth-order valence-electron chi connectivity index (χ4n) is 1.44. The molecule has 0 aliphatic rings. The largest absolute Gasteiger partial charge is 0.346 e. The van der Waals surface area contributed by atoms with Gasteiger partial charge >= 0.3 is 0 Å². The minimum Gasteiger partial charge on any atom is -0.346 e. The highest BCUT2D eigenvalue weighted by atomic mass is 79.9. The van der Waals surface area contributed by atoms with Crippen molar-refractivity contribution >= 4 is 26.8 Å². The number of nitrogens with zero attached hydrogens (tertiary/aromatic N) is 1. The number of halogens is 1. The summed E-state index contributed by atoms with van der Waals surface area (Å²) >= 11 is 3.41. The second-order valence-corrected chi connectivity index (χ2v) is 3.89. The van der Waals surface area contributed by atoms with E-state index in [4.69, 9.17) is 5.26 Å². The lowest BCUT2D eigenvalue weighted by atomic mass is 10.1. The van der Waals surface area contributed by atoms with E-state index in [2.05, 4.69) is 27.0 Å². The Kier molecular flexibility index (Phi) is 1.86. The zero-order valence-electron chi connectivity index (χ0n) is 7.06. The Hall–Kier alpha value is -1.27. The summed E-state index contributed by atoms with van der Waals surface area (Å²) in [6.07, 6.45) is 0. The lowest BCUT2D eigenvalue weighted by molar-refractivity contribution is 1.37. The van der Waals surface area contributed by atoms with E-state index in [0.29, 0.717) is 5.69 Å². The van der Waals surface area contributed by atoms with Gasteiger partial charge in [0.05, 0.1) is 0 Å². The van der Waals surface area contributed by atoms with E-state index in [1.165, 1.54) is 5.56 Å². The second-order valence-electron chi connectivity index (χ2n) is 2.98. The number of aromatic amines is 1. The first kappa shape index (κ1) is 8.33. The molecule has 0 fully saturated rings. The summed E-state index contributed by atoms with van der Waals surface area (Å²) in [6.45, 7) is 2.03. The van der Waals surface area contributed by atoms with Crippen molar-refractivity contribution in [2.45, 2.75) is 6.92 Å². The van der Waals surface area contributed by atoms with Gasteiger partial charge in [-0.3, -0.25) is 0 Å². The number of H-pyrrole nitrogens is 1. The van der Waals surface area contributed by atoms with Gasteiger partial charge in [-0.2, -0.15) is 5.26 Å². The molecule has 3 heteroatoms. The molecule has 0 atom stereocenters. The van der Waals surface area contributed by atoms with Crippen molar-refractivity contribution in [3.8, 4) is 6.07 Å². The van der Waals surface area contributed by atoms with Gasteiger partial charge in [-0.05, 0) is 30.7 Å². The van der Waals surface area contributed by atoms with Crippen LogP contribution in [0.3, 0.4) is 0 Å². The van der Waals surface area contributed by atoms with Gasteiger partial charge in [-0.1, -0.05) is 15.9 Å². The predicted molar refractivity (Wildman–Crippen MR) is 55.5 cm³/mol. The van der Waals surface area contributed by atoms with Gasteiger partial charge in [0.25, 0.3) is 0 Å². The van der Waals surface area contributed by atoms with E-state index in [1.807, 2.05) is 25.1 Å². The Labute approximate surface area is 84.3 Å². The molecular weight excluding hydrogens is 228 g/mol. The first-order valence-electron chi connectivity index (χ1n) is 3.89. The molecule has 0 aliphatic carbocycles. The van der Waals surface area contributed by atoms with Crippen LogP contribution in [0.4, 0.5) is 0 Å². The molecule has 2 aromatic rings. The van der Waals surface area contributed by atoms with Crippen molar-refractivity contribution in [3.63, 3.8) is 0 Å². The van der Waals surface area contributed by atoms with Crippen LogP contribution in [0.15, 0.2) is 22.7 Å². The van der Waals surface area contributed by atoms with Crippen molar-refractivity contribution in [1.29, 1.82) is 5.26 Å². The molecule has 0 amide bonds. The topological polar surface area (TPSA) is 39.6 Å². The highest BCUT2D eigenvalue weighted by Crippen LogP contribution is 2.23. The highest BCUT2D eigenvalue weighted by molar-refractivity contribution is 9.10. The number of hydrogen-bond donors (Lipinski definition) is 1. The van der Waals surface area contributed by atoms with Crippen LogP contribution in [0.1, 0.15) is 11.3 Å². The molecule has 13 heavy (non-hydrogen) atoms. The molecule has 64 valence electrons. The quantitative estimate of drug-likeness (QED) is 0.748. The number of rotatable bonds is 0. The molecule has 0 saturated carbocycles. The summed E-state index contributed by atoms with van der Waals surface area (Å²) in [5, 5.41) is 9.82. The van der Waals surface area contributed by atoms with Crippen LogP contribution in [0.5, 0.6) is 0 Å². The predicted octanol–water partition coefficient (Wildman–Crippen LogP) is 3.11. The van der Waals surface area contributed by atoms with Crippen LogP contribution in [-0.2, 0) is 0 Å². The molecule has 0 unspecified atom stereocenters. The number of hydrogen-bond acceptors (Lipinski definition) is 1. The molecule has 1 aromatic carbocycles. The molecule has 0 bridgehead atoms. The van der Waals surface area contributed by atoms with Gasteiger partial charge in [0.2, 0.25) is 0 Å². The average Bonchev–Trinajstić information content (AvgIpc) is 2.47. The van der Waals surface area contributed by atoms with Crippen LogP contribution in [0.25, 0.3) is 10.9 Å². The van der Waals surface area contributed by atoms with Gasteiger partial charge in [-0.15, -0.1) is 0 Å². The Bertz CT molecular complexity index is 505. The summed E-state index contributed by atoms with van der Waals surface area (Å²) in [5.41, 5.74) is 2.78. The minimum atomic E-state index is 0.608. The maximum absolute atomic E-state index is 8.71. The molecule has 1 N–H and O–H groups in total. The Balaban J connectivity index is 2.84. The average molecular weight is 235 g/mol. The zero-order valence-corrected chi connectivity index (χ0v) is 8.64. The third-order valence-corrected chi connectivity index (χ3v) is 2.49. The second kappa shape index (κ2) is 2.90. The lowest BCUT2D eigenvalue weighted by Crippen LogP contribution is -1.74. The van der Waals surface area contributed by atoms with Crippen molar-refractivity contribution in [1.82, 2.24) is 4.98 Å². The smallest absolute Gasteiger partial charge is 0.118 e. The fraction of sp³-hybridized carbons (Fsp3) is 0.100. The number of benzene rings is 1. The number of aryl methyl sites for hydroxylation is 1. The number of nitriles is 1. The molecule has 0 radical (unpaired) electrons. The monoisotopic (exact) mass is 234 g/mol. The van der Waals surface area contributed by atoms with Crippen molar-refractivity contribution in [2.75, 3.05) is 0 Å². The molecular formula is C10H7BrN2. The Morgan fingerprint density at radius 3 is 2.85 bits per heavy atom. The standard InChI is InChI=1S/C10H7BrN2/c1-6-2-7(11)3-10-9(6)4-8(5-12)13-10/h2-4,13H,1H3. The molecule has 0 aliphatic heterocycles. The van der Waals surface area contributed by atoms with E-state index < -0.39 is 0 Å². The minimum absolute atomic E-state index is 0.608. The van der Waals surface area contributed by atoms with E-state index >= 15 is 0 Å². The first-order chi connectivity index (χ1) is 6.20. The normalized spacial score (nSPS) is 10.2. The zero-order chi connectivity index (χ0) is 9.42. The van der Waals surface area contributed by atoms with Gasteiger partial charge in [0.1, 0.15) is 11.8 Å². The molecule has 0 spiro atoms. The maximum atomic E-state index is 8.71. The summed E-state index contributed by atoms with van der Waals surface area (Å²) < 4.78 is 1.03.